The molecule has 1 aliphatic rings. The Kier molecular flexibility index (Phi) is 4.20. The van der Waals surface area contributed by atoms with Crippen LogP contribution in [0.15, 0.2) is 15.9 Å². The number of nitrogens with one attached hydrogen (secondary N) is 1. The average molecular weight is 344 g/mol. The third-order valence-corrected chi connectivity index (χ3v) is 4.80. The van der Waals surface area contributed by atoms with Gasteiger partial charge in [0.05, 0.1) is 12.4 Å². The van der Waals surface area contributed by atoms with Crippen LogP contribution in [0.4, 0.5) is 0 Å². The van der Waals surface area contributed by atoms with Crippen molar-refractivity contribution in [3.63, 3.8) is 0 Å². The first-order valence-electron chi connectivity index (χ1n) is 8.22. The molecule has 0 atom stereocenters. The van der Waals surface area contributed by atoms with Gasteiger partial charge in [0.2, 0.25) is 5.91 Å². The van der Waals surface area contributed by atoms with Gasteiger partial charge in [0.1, 0.15) is 12.1 Å². The van der Waals surface area contributed by atoms with Crippen LogP contribution in [0.5, 0.6) is 0 Å². The normalized spacial score (nSPS) is 16.5. The van der Waals surface area contributed by atoms with Gasteiger partial charge in [-0.05, 0) is 12.8 Å². The Labute approximate surface area is 143 Å². The number of nitrogens with zero attached hydrogens (tertiary/aromatic N) is 5. The number of amides is 1. The molecule has 3 rings (SSSR count). The van der Waals surface area contributed by atoms with Crippen LogP contribution in [0.1, 0.15) is 32.1 Å². The first-order valence-corrected chi connectivity index (χ1v) is 8.22. The average Bonchev–Trinajstić information content (AvgIpc) is 2.99. The lowest BCUT2D eigenvalue weighted by Crippen LogP contribution is -2.51. The van der Waals surface area contributed by atoms with Crippen LogP contribution < -0.4 is 16.6 Å². The van der Waals surface area contributed by atoms with E-state index < -0.39 is 29.2 Å². The summed E-state index contributed by atoms with van der Waals surface area (Å²) in [6.07, 6.45) is 5.40. The summed E-state index contributed by atoms with van der Waals surface area (Å²) in [5.74, 6) is -0.510. The molecule has 2 aromatic rings. The van der Waals surface area contributed by atoms with Crippen LogP contribution in [0.2, 0.25) is 0 Å². The van der Waals surface area contributed by atoms with Crippen molar-refractivity contribution in [2.75, 3.05) is 0 Å². The summed E-state index contributed by atoms with van der Waals surface area (Å²) in [5.41, 5.74) is -1.55. The fourth-order valence-electron chi connectivity index (χ4n) is 3.41. The monoisotopic (exact) mass is 344 g/mol. The molecule has 0 radical (unpaired) electrons. The highest BCUT2D eigenvalue weighted by atomic mass is 16.2. The summed E-state index contributed by atoms with van der Waals surface area (Å²) < 4.78 is 3.64. The zero-order valence-corrected chi connectivity index (χ0v) is 14.3. The van der Waals surface area contributed by atoms with Crippen LogP contribution >= 0.6 is 0 Å². The molecule has 2 aromatic heterocycles. The van der Waals surface area contributed by atoms with E-state index in [1.54, 1.807) is 7.05 Å². The Hall–Kier alpha value is -2.89. The third kappa shape index (κ3) is 2.84. The van der Waals surface area contributed by atoms with Gasteiger partial charge in [-0.3, -0.25) is 14.2 Å². The van der Waals surface area contributed by atoms with Crippen molar-refractivity contribution < 1.29 is 4.79 Å². The molecule has 132 valence electrons. The second-order valence-electron chi connectivity index (χ2n) is 6.56. The molecule has 9 heteroatoms. The van der Waals surface area contributed by atoms with Crippen molar-refractivity contribution in [3.8, 4) is 6.07 Å². The number of aryl methyl sites for hydroxylation is 2. The van der Waals surface area contributed by atoms with Crippen molar-refractivity contribution in [3.05, 3.63) is 27.2 Å². The van der Waals surface area contributed by atoms with Crippen molar-refractivity contribution in [2.24, 2.45) is 14.1 Å². The summed E-state index contributed by atoms with van der Waals surface area (Å²) in [6.45, 7) is -0.421. The molecule has 0 spiro atoms. The van der Waals surface area contributed by atoms with Gasteiger partial charge in [-0.25, -0.2) is 14.3 Å². The highest BCUT2D eigenvalue weighted by Crippen LogP contribution is 2.27. The van der Waals surface area contributed by atoms with Crippen LogP contribution in [-0.2, 0) is 25.4 Å². The maximum atomic E-state index is 12.6. The van der Waals surface area contributed by atoms with Gasteiger partial charge in [-0.1, -0.05) is 19.3 Å². The first-order chi connectivity index (χ1) is 11.9. The molecule has 1 amide bonds. The molecule has 1 fully saturated rings. The lowest BCUT2D eigenvalue weighted by molar-refractivity contribution is -0.123. The number of carbonyl (C=O) groups excluding carboxylic acids is 1. The van der Waals surface area contributed by atoms with E-state index in [-0.39, 0.29) is 11.2 Å². The minimum atomic E-state index is -0.902. The molecular formula is C16H20N6O3. The van der Waals surface area contributed by atoms with Gasteiger partial charge in [0.15, 0.2) is 11.2 Å². The van der Waals surface area contributed by atoms with Crippen molar-refractivity contribution >= 4 is 17.1 Å². The molecule has 1 saturated carbocycles. The molecule has 1 aliphatic carbocycles. The van der Waals surface area contributed by atoms with E-state index in [1.165, 1.54) is 22.5 Å². The quantitative estimate of drug-likeness (QED) is 0.826. The number of hydrogen-bond donors (Lipinski definition) is 1. The smallest absolute Gasteiger partial charge is 0.332 e. The maximum Gasteiger partial charge on any atom is 0.332 e. The third-order valence-electron chi connectivity index (χ3n) is 4.80. The van der Waals surface area contributed by atoms with Gasteiger partial charge in [0.25, 0.3) is 5.56 Å². The van der Waals surface area contributed by atoms with Gasteiger partial charge in [0, 0.05) is 14.1 Å². The lowest BCUT2D eigenvalue weighted by atomic mass is 9.83. The molecule has 0 aliphatic heterocycles. The lowest BCUT2D eigenvalue weighted by Gasteiger charge is -2.31. The number of aromatic nitrogens is 4. The zero-order valence-electron chi connectivity index (χ0n) is 14.3. The van der Waals surface area contributed by atoms with Crippen LogP contribution in [-0.4, -0.2) is 30.1 Å². The molecule has 0 saturated heterocycles. The van der Waals surface area contributed by atoms with E-state index in [9.17, 15) is 19.6 Å². The van der Waals surface area contributed by atoms with E-state index >= 15 is 0 Å². The predicted octanol–water partition coefficient (Wildman–Crippen LogP) is -0.224. The Morgan fingerprint density at radius 2 is 2.00 bits per heavy atom. The van der Waals surface area contributed by atoms with Crippen LogP contribution in [0.25, 0.3) is 11.2 Å². The number of imidazole rings is 1. The molecule has 2 heterocycles. The van der Waals surface area contributed by atoms with Gasteiger partial charge in [-0.2, -0.15) is 5.26 Å². The van der Waals surface area contributed by atoms with E-state index in [4.69, 9.17) is 0 Å². The number of hydrogen-bond acceptors (Lipinski definition) is 5. The van der Waals surface area contributed by atoms with E-state index in [0.29, 0.717) is 12.8 Å². The van der Waals surface area contributed by atoms with Gasteiger partial charge >= 0.3 is 5.69 Å². The molecule has 0 aromatic carbocycles. The number of nitriles is 1. The van der Waals surface area contributed by atoms with Crippen LogP contribution in [0, 0.1) is 11.3 Å². The van der Waals surface area contributed by atoms with Crippen molar-refractivity contribution in [1.82, 2.24) is 24.0 Å². The maximum absolute atomic E-state index is 12.6. The van der Waals surface area contributed by atoms with Crippen molar-refractivity contribution in [1.29, 1.82) is 5.26 Å². The van der Waals surface area contributed by atoms with E-state index in [2.05, 4.69) is 16.4 Å². The molecule has 25 heavy (non-hydrogen) atoms. The molecule has 1 N–H and O–H groups in total. The van der Waals surface area contributed by atoms with E-state index in [1.807, 2.05) is 0 Å². The minimum Gasteiger partial charge on any atom is -0.336 e. The van der Waals surface area contributed by atoms with Gasteiger partial charge in [-0.15, -0.1) is 0 Å². The first kappa shape index (κ1) is 17.0. The number of carbonyl (C=O) groups is 1. The summed E-state index contributed by atoms with van der Waals surface area (Å²) in [4.78, 5) is 41.5. The molecule has 0 unspecified atom stereocenters. The van der Waals surface area contributed by atoms with Crippen molar-refractivity contribution in [2.45, 2.75) is 44.2 Å². The SMILES string of the molecule is Cn1cnc2c1c(=O)n(CC(=O)NC1(C#N)CCCCC1)c(=O)n2C. The van der Waals surface area contributed by atoms with E-state index in [0.717, 1.165) is 23.8 Å². The number of fused-ring (bicyclic) bond motifs is 1. The molecular weight excluding hydrogens is 324 g/mol. The van der Waals surface area contributed by atoms with Gasteiger partial charge < -0.3 is 9.88 Å². The highest BCUT2D eigenvalue weighted by Gasteiger charge is 2.33. The Morgan fingerprint density at radius 1 is 1.32 bits per heavy atom. The Morgan fingerprint density at radius 3 is 2.64 bits per heavy atom. The minimum absolute atomic E-state index is 0.252. The largest absolute Gasteiger partial charge is 0.336 e. The fourth-order valence-corrected chi connectivity index (χ4v) is 3.41. The standard InChI is InChI=1S/C16H20N6O3/c1-20-10-18-13-12(20)14(24)22(15(25)21(13)2)8-11(23)19-16(9-17)6-4-3-5-7-16/h10H,3-8H2,1-2H3,(H,19,23). The Bertz CT molecular complexity index is 984. The topological polar surface area (TPSA) is 115 Å². The summed E-state index contributed by atoms with van der Waals surface area (Å²) in [5, 5.41) is 12.2. The summed E-state index contributed by atoms with van der Waals surface area (Å²) in [7, 11) is 3.15. The zero-order chi connectivity index (χ0) is 18.2. The second-order valence-corrected chi connectivity index (χ2v) is 6.56. The second kappa shape index (κ2) is 6.20. The highest BCUT2D eigenvalue weighted by molar-refractivity contribution is 5.78. The summed E-state index contributed by atoms with van der Waals surface area (Å²) >= 11 is 0. The summed E-state index contributed by atoms with van der Waals surface area (Å²) in [6, 6.07) is 2.19. The number of rotatable bonds is 3. The fraction of sp³-hybridized carbons (Fsp3) is 0.562. The molecule has 0 bridgehead atoms. The predicted molar refractivity (Wildman–Crippen MR) is 89.8 cm³/mol. The Balaban J connectivity index is 1.94. The van der Waals surface area contributed by atoms with Crippen LogP contribution in [0.3, 0.4) is 0 Å². The molecule has 9 nitrogen and oxygen atoms in total.